The normalized spacial score (nSPS) is 22.4. The average molecular weight is 380 g/mol. The van der Waals surface area contributed by atoms with Crippen LogP contribution in [0, 0.1) is 0 Å². The molecule has 26 heavy (non-hydrogen) atoms. The maximum absolute atomic E-state index is 12.3. The highest BCUT2D eigenvalue weighted by molar-refractivity contribution is 6.30. The second-order valence-corrected chi connectivity index (χ2v) is 7.87. The number of ether oxygens (including phenoxy) is 2. The van der Waals surface area contributed by atoms with E-state index in [-0.39, 0.29) is 11.9 Å². The first-order chi connectivity index (χ1) is 12.6. The Kier molecular flexibility index (Phi) is 5.36. The molecule has 0 radical (unpaired) electrons. The van der Waals surface area contributed by atoms with E-state index in [1.54, 1.807) is 0 Å². The van der Waals surface area contributed by atoms with Crippen LogP contribution in [0.3, 0.4) is 0 Å². The van der Waals surface area contributed by atoms with E-state index in [0.717, 1.165) is 67.5 Å². The van der Waals surface area contributed by atoms with Gasteiger partial charge in [0.25, 0.3) is 0 Å². The van der Waals surface area contributed by atoms with Crippen molar-refractivity contribution >= 4 is 17.5 Å². The number of halogens is 1. The first-order valence-corrected chi connectivity index (χ1v) is 9.76. The van der Waals surface area contributed by atoms with Gasteiger partial charge in [0.2, 0.25) is 5.91 Å². The fraction of sp³-hybridized carbons (Fsp3) is 0.632. The molecule has 1 saturated carbocycles. The van der Waals surface area contributed by atoms with E-state index in [0.29, 0.717) is 19.4 Å². The van der Waals surface area contributed by atoms with Gasteiger partial charge in [-0.25, -0.2) is 0 Å². The van der Waals surface area contributed by atoms with Gasteiger partial charge in [-0.05, 0) is 31.9 Å². The van der Waals surface area contributed by atoms with Crippen LogP contribution in [0.5, 0.6) is 5.75 Å². The molecule has 1 amide bonds. The minimum Gasteiger partial charge on any atom is -0.467 e. The summed E-state index contributed by atoms with van der Waals surface area (Å²) in [5.74, 6) is 1.08. The maximum Gasteiger partial charge on any atom is 0.237 e. The summed E-state index contributed by atoms with van der Waals surface area (Å²) in [4.78, 5) is 16.9. The number of hydrogen-bond donors (Lipinski definition) is 1. The topological polar surface area (TPSA) is 54.0 Å². The molecule has 1 aromatic rings. The Bertz CT molecular complexity index is 672. The van der Waals surface area contributed by atoms with Crippen LogP contribution in [0.25, 0.3) is 0 Å². The van der Waals surface area contributed by atoms with E-state index in [4.69, 9.17) is 21.1 Å². The summed E-state index contributed by atoms with van der Waals surface area (Å²) < 4.78 is 11.1. The molecule has 4 rings (SSSR count). The number of fused-ring (bicyclic) bond motifs is 1. The van der Waals surface area contributed by atoms with Crippen molar-refractivity contribution in [2.24, 2.45) is 0 Å². The molecular weight excluding hydrogens is 354 g/mol. The molecule has 7 heteroatoms. The molecule has 142 valence electrons. The third-order valence-corrected chi connectivity index (χ3v) is 5.62. The number of hydrogen-bond acceptors (Lipinski definition) is 5. The van der Waals surface area contributed by atoms with Gasteiger partial charge in [0, 0.05) is 54.9 Å². The molecule has 1 N–H and O–H groups in total. The molecule has 1 aromatic carbocycles. The predicted octanol–water partition coefficient (Wildman–Crippen LogP) is 1.99. The Morgan fingerprint density at radius 3 is 2.81 bits per heavy atom. The highest BCUT2D eigenvalue weighted by Crippen LogP contribution is 2.32. The van der Waals surface area contributed by atoms with E-state index >= 15 is 0 Å². The molecule has 0 aromatic heterocycles. The van der Waals surface area contributed by atoms with Crippen molar-refractivity contribution in [2.75, 3.05) is 33.0 Å². The first kappa shape index (κ1) is 18.0. The molecule has 1 atom stereocenters. The van der Waals surface area contributed by atoms with Crippen LogP contribution in [0.4, 0.5) is 0 Å². The van der Waals surface area contributed by atoms with Gasteiger partial charge >= 0.3 is 0 Å². The van der Waals surface area contributed by atoms with Crippen LogP contribution < -0.4 is 10.1 Å². The van der Waals surface area contributed by atoms with E-state index < -0.39 is 0 Å². The Morgan fingerprint density at radius 1 is 1.31 bits per heavy atom. The molecule has 2 heterocycles. The smallest absolute Gasteiger partial charge is 0.237 e. The monoisotopic (exact) mass is 379 g/mol. The number of amides is 1. The molecule has 2 fully saturated rings. The zero-order chi connectivity index (χ0) is 18.1. The van der Waals surface area contributed by atoms with E-state index in [1.807, 2.05) is 19.1 Å². The molecule has 1 saturated heterocycles. The largest absolute Gasteiger partial charge is 0.467 e. The van der Waals surface area contributed by atoms with Gasteiger partial charge in [0.1, 0.15) is 5.75 Å². The number of piperazine rings is 1. The standard InChI is InChI=1S/C19H26ClN3O3/c1-13(19(24)21-17-2-3-17)23-6-4-22(5-7-23)10-14-8-16(20)9-15-11-25-12-26-18(14)15/h8-9,13,17H,2-7,10-12H2,1H3,(H,21,24). The fourth-order valence-electron chi connectivity index (χ4n) is 3.64. The van der Waals surface area contributed by atoms with Gasteiger partial charge in [0.05, 0.1) is 12.6 Å². The molecule has 3 aliphatic rings. The van der Waals surface area contributed by atoms with Crippen molar-refractivity contribution < 1.29 is 14.3 Å². The lowest BCUT2D eigenvalue weighted by Crippen LogP contribution is -2.53. The highest BCUT2D eigenvalue weighted by Gasteiger charge is 2.30. The van der Waals surface area contributed by atoms with E-state index in [1.165, 1.54) is 0 Å². The quantitative estimate of drug-likeness (QED) is 0.848. The predicted molar refractivity (Wildman–Crippen MR) is 99.2 cm³/mol. The summed E-state index contributed by atoms with van der Waals surface area (Å²) >= 11 is 6.26. The van der Waals surface area contributed by atoms with E-state index in [9.17, 15) is 4.79 Å². The Balaban J connectivity index is 1.34. The van der Waals surface area contributed by atoms with Crippen molar-refractivity contribution in [1.82, 2.24) is 15.1 Å². The van der Waals surface area contributed by atoms with Gasteiger partial charge in [-0.15, -0.1) is 0 Å². The molecular formula is C19H26ClN3O3. The summed E-state index contributed by atoms with van der Waals surface area (Å²) in [5, 5.41) is 3.82. The summed E-state index contributed by atoms with van der Waals surface area (Å²) in [7, 11) is 0. The summed E-state index contributed by atoms with van der Waals surface area (Å²) in [6.45, 7) is 7.30. The Labute approximate surface area is 159 Å². The van der Waals surface area contributed by atoms with Crippen molar-refractivity contribution in [1.29, 1.82) is 0 Å². The average Bonchev–Trinajstić information content (AvgIpc) is 3.45. The summed E-state index contributed by atoms with van der Waals surface area (Å²) in [6, 6.07) is 4.27. The zero-order valence-corrected chi connectivity index (χ0v) is 15.9. The van der Waals surface area contributed by atoms with Crippen molar-refractivity contribution in [3.63, 3.8) is 0 Å². The minimum atomic E-state index is -0.0582. The Hall–Kier alpha value is -1.34. The van der Waals surface area contributed by atoms with Gasteiger partial charge in [-0.3, -0.25) is 14.6 Å². The van der Waals surface area contributed by atoms with Gasteiger partial charge in [0.15, 0.2) is 6.79 Å². The molecule has 1 unspecified atom stereocenters. The molecule has 1 aliphatic carbocycles. The molecule has 2 aliphatic heterocycles. The second kappa shape index (κ2) is 7.72. The highest BCUT2D eigenvalue weighted by atomic mass is 35.5. The van der Waals surface area contributed by atoms with Crippen molar-refractivity contribution in [3.05, 3.63) is 28.3 Å². The van der Waals surface area contributed by atoms with Crippen LogP contribution in [-0.4, -0.2) is 60.8 Å². The van der Waals surface area contributed by atoms with Crippen LogP contribution in [-0.2, 0) is 22.7 Å². The second-order valence-electron chi connectivity index (χ2n) is 7.43. The first-order valence-electron chi connectivity index (χ1n) is 9.39. The lowest BCUT2D eigenvalue weighted by Gasteiger charge is -2.37. The number of nitrogens with zero attached hydrogens (tertiary/aromatic N) is 2. The van der Waals surface area contributed by atoms with Crippen molar-refractivity contribution in [2.45, 2.75) is 45.0 Å². The lowest BCUT2D eigenvalue weighted by atomic mass is 10.1. The van der Waals surface area contributed by atoms with Gasteiger partial charge in [-0.2, -0.15) is 0 Å². The van der Waals surface area contributed by atoms with Crippen LogP contribution in [0.2, 0.25) is 5.02 Å². The minimum absolute atomic E-state index is 0.0582. The fourth-order valence-corrected chi connectivity index (χ4v) is 3.90. The lowest BCUT2D eigenvalue weighted by molar-refractivity contribution is -0.126. The maximum atomic E-state index is 12.3. The van der Waals surface area contributed by atoms with Crippen LogP contribution in [0.15, 0.2) is 12.1 Å². The van der Waals surface area contributed by atoms with Gasteiger partial charge in [-0.1, -0.05) is 11.6 Å². The summed E-state index contributed by atoms with van der Waals surface area (Å²) in [6.07, 6.45) is 2.26. The molecule has 0 bridgehead atoms. The van der Waals surface area contributed by atoms with Crippen molar-refractivity contribution in [3.8, 4) is 5.75 Å². The summed E-state index contributed by atoms with van der Waals surface area (Å²) in [5.41, 5.74) is 2.13. The zero-order valence-electron chi connectivity index (χ0n) is 15.2. The van der Waals surface area contributed by atoms with Crippen LogP contribution in [0.1, 0.15) is 30.9 Å². The number of carbonyl (C=O) groups is 1. The number of rotatable bonds is 5. The molecule has 0 spiro atoms. The van der Waals surface area contributed by atoms with Crippen LogP contribution >= 0.6 is 11.6 Å². The number of carbonyl (C=O) groups excluding carboxylic acids is 1. The van der Waals surface area contributed by atoms with Gasteiger partial charge < -0.3 is 14.8 Å². The number of nitrogens with one attached hydrogen (secondary N) is 1. The third kappa shape index (κ3) is 4.14. The Morgan fingerprint density at radius 2 is 2.08 bits per heavy atom. The number of benzene rings is 1. The third-order valence-electron chi connectivity index (χ3n) is 5.40. The van der Waals surface area contributed by atoms with E-state index in [2.05, 4.69) is 15.1 Å². The SMILES string of the molecule is CC(C(=O)NC1CC1)N1CCN(Cc2cc(Cl)cc3c2OCOC3)CC1. The molecule has 6 nitrogen and oxygen atoms in total.